The van der Waals surface area contributed by atoms with Gasteiger partial charge in [-0.2, -0.15) is 0 Å². The minimum absolute atomic E-state index is 0.160. The summed E-state index contributed by atoms with van der Waals surface area (Å²) in [6, 6.07) is 15.2. The van der Waals surface area contributed by atoms with E-state index in [4.69, 9.17) is 10.7 Å². The van der Waals surface area contributed by atoms with Crippen LogP contribution >= 0.6 is 11.3 Å². The number of H-pyrrole nitrogens is 1. The molecule has 7 heteroatoms. The zero-order valence-electron chi connectivity index (χ0n) is 16.0. The van der Waals surface area contributed by atoms with Crippen LogP contribution in [0.15, 0.2) is 63.7 Å². The molecule has 3 aromatic heterocycles. The molecular formula is C22H21N3O2S2. The lowest BCUT2D eigenvalue weighted by atomic mass is 10.0. The number of nitrogens with two attached hydrogens (primary N) is 1. The zero-order chi connectivity index (χ0) is 20.4. The van der Waals surface area contributed by atoms with Crippen LogP contribution in [0.2, 0.25) is 0 Å². The summed E-state index contributed by atoms with van der Waals surface area (Å²) >= 11 is 1.40. The van der Waals surface area contributed by atoms with E-state index in [2.05, 4.69) is 11.9 Å². The number of hydrogen-bond donors (Lipinski definition) is 2. The number of nitrogens with zero attached hydrogens (tertiary/aromatic N) is 1. The number of nitrogen functional groups attached to an aromatic ring is 1. The van der Waals surface area contributed by atoms with Crippen molar-refractivity contribution in [3.05, 3.63) is 65.1 Å². The van der Waals surface area contributed by atoms with E-state index in [0.717, 1.165) is 45.4 Å². The minimum Gasteiger partial charge on any atom is -0.396 e. The van der Waals surface area contributed by atoms with Gasteiger partial charge in [0.05, 0.1) is 22.2 Å². The highest BCUT2D eigenvalue weighted by Gasteiger charge is 2.20. The summed E-state index contributed by atoms with van der Waals surface area (Å²) in [4.78, 5) is 19.7. The van der Waals surface area contributed by atoms with Crippen molar-refractivity contribution in [3.63, 3.8) is 0 Å². The second kappa shape index (κ2) is 8.31. The molecular weight excluding hydrogens is 402 g/mol. The van der Waals surface area contributed by atoms with Crippen molar-refractivity contribution >= 4 is 38.0 Å². The summed E-state index contributed by atoms with van der Waals surface area (Å²) in [6.07, 6.45) is 3.53. The van der Waals surface area contributed by atoms with Gasteiger partial charge < -0.3 is 10.7 Å². The van der Waals surface area contributed by atoms with Gasteiger partial charge in [0.1, 0.15) is 9.04 Å². The lowest BCUT2D eigenvalue weighted by Crippen LogP contribution is -2.02. The number of pyridine rings is 2. The van der Waals surface area contributed by atoms with Crippen LogP contribution in [0.25, 0.3) is 32.6 Å². The first-order valence-electron chi connectivity index (χ1n) is 9.44. The first-order chi connectivity index (χ1) is 14.1. The van der Waals surface area contributed by atoms with E-state index >= 15 is 0 Å². The molecule has 1 aromatic carbocycles. The molecule has 1 unspecified atom stereocenters. The number of fused-ring (bicyclic) bond motifs is 1. The van der Waals surface area contributed by atoms with Gasteiger partial charge in [0.2, 0.25) is 5.56 Å². The van der Waals surface area contributed by atoms with Gasteiger partial charge in [-0.25, -0.2) is 4.98 Å². The number of thiophene rings is 1. The van der Waals surface area contributed by atoms with Crippen LogP contribution in [-0.2, 0) is 10.8 Å². The Morgan fingerprint density at radius 3 is 2.62 bits per heavy atom. The number of nitrogens with one attached hydrogen (secondary N) is 1. The molecule has 148 valence electrons. The van der Waals surface area contributed by atoms with E-state index in [9.17, 15) is 9.00 Å². The van der Waals surface area contributed by atoms with Crippen LogP contribution < -0.4 is 11.3 Å². The van der Waals surface area contributed by atoms with Crippen molar-refractivity contribution in [3.8, 4) is 22.4 Å². The van der Waals surface area contributed by atoms with E-state index in [1.807, 2.05) is 36.4 Å². The van der Waals surface area contributed by atoms with E-state index < -0.39 is 10.8 Å². The molecule has 0 aliphatic heterocycles. The highest BCUT2D eigenvalue weighted by Crippen LogP contribution is 2.42. The van der Waals surface area contributed by atoms with E-state index in [1.54, 1.807) is 12.3 Å². The van der Waals surface area contributed by atoms with Crippen LogP contribution in [0.5, 0.6) is 0 Å². The molecule has 0 aliphatic carbocycles. The molecule has 29 heavy (non-hydrogen) atoms. The molecule has 0 amide bonds. The first kappa shape index (κ1) is 19.5. The number of benzene rings is 1. The Balaban J connectivity index is 1.95. The third-order valence-electron chi connectivity index (χ3n) is 4.72. The maximum Gasteiger partial charge on any atom is 0.247 e. The molecule has 0 radical (unpaired) electrons. The fourth-order valence-electron chi connectivity index (χ4n) is 3.20. The normalized spacial score (nSPS) is 12.3. The standard InChI is InChI=1S/C22H21N3O2S2/c1-2-3-11-29(27)22-20(23)19-16(14-7-5-4-6-8-14)12-17(25-21(19)28-22)15-9-10-18(26)24-13-15/h4-10,12-13H,2-3,11,23H2,1H3,(H,24,26). The molecule has 3 heterocycles. The van der Waals surface area contributed by atoms with Crippen molar-refractivity contribution in [2.45, 2.75) is 24.0 Å². The summed E-state index contributed by atoms with van der Waals surface area (Å²) < 4.78 is 13.5. The van der Waals surface area contributed by atoms with Crippen LogP contribution in [0, 0.1) is 0 Å². The molecule has 5 nitrogen and oxygen atoms in total. The van der Waals surface area contributed by atoms with E-state index in [0.29, 0.717) is 15.6 Å². The van der Waals surface area contributed by atoms with Gasteiger partial charge in [-0.3, -0.25) is 9.00 Å². The van der Waals surface area contributed by atoms with Crippen LogP contribution in [0.1, 0.15) is 19.8 Å². The summed E-state index contributed by atoms with van der Waals surface area (Å²) in [5.74, 6) is 0.598. The molecule has 4 rings (SSSR count). The molecule has 1 atom stereocenters. The van der Waals surface area contributed by atoms with Gasteiger partial charge in [-0.1, -0.05) is 43.7 Å². The minimum atomic E-state index is -1.14. The third-order valence-corrected chi connectivity index (χ3v) is 7.71. The summed E-state index contributed by atoms with van der Waals surface area (Å²) in [6.45, 7) is 2.08. The van der Waals surface area contributed by atoms with E-state index in [1.165, 1.54) is 17.4 Å². The predicted molar refractivity (Wildman–Crippen MR) is 122 cm³/mol. The topological polar surface area (TPSA) is 88.8 Å². The van der Waals surface area contributed by atoms with Crippen molar-refractivity contribution in [1.82, 2.24) is 9.97 Å². The van der Waals surface area contributed by atoms with Gasteiger partial charge in [-0.05, 0) is 29.7 Å². The lowest BCUT2D eigenvalue weighted by Gasteiger charge is -2.08. The maximum absolute atomic E-state index is 12.8. The molecule has 4 aromatic rings. The van der Waals surface area contributed by atoms with Crippen LogP contribution in [0.4, 0.5) is 5.69 Å². The highest BCUT2D eigenvalue weighted by molar-refractivity contribution is 7.87. The average molecular weight is 424 g/mol. The smallest absolute Gasteiger partial charge is 0.247 e. The molecule has 0 spiro atoms. The maximum atomic E-state index is 12.8. The van der Waals surface area contributed by atoms with Crippen LogP contribution in [-0.4, -0.2) is 19.9 Å². The second-order valence-corrected chi connectivity index (χ2v) is 9.51. The number of aromatic nitrogens is 2. The Morgan fingerprint density at radius 2 is 1.93 bits per heavy atom. The van der Waals surface area contributed by atoms with Gasteiger partial charge in [-0.15, -0.1) is 11.3 Å². The largest absolute Gasteiger partial charge is 0.396 e. The first-order valence-corrected chi connectivity index (χ1v) is 11.6. The molecule has 3 N–H and O–H groups in total. The number of hydrogen-bond acceptors (Lipinski definition) is 5. The quantitative estimate of drug-likeness (QED) is 0.466. The Morgan fingerprint density at radius 1 is 1.14 bits per heavy atom. The number of anilines is 1. The van der Waals surface area contributed by atoms with Crippen molar-refractivity contribution < 1.29 is 4.21 Å². The third kappa shape index (κ3) is 3.88. The molecule has 0 fully saturated rings. The monoisotopic (exact) mass is 423 g/mol. The fraction of sp³-hybridized carbons (Fsp3) is 0.182. The molecule has 0 aliphatic rings. The molecule has 0 saturated heterocycles. The Kier molecular flexibility index (Phi) is 5.60. The summed E-state index contributed by atoms with van der Waals surface area (Å²) in [5.41, 5.74) is 10.4. The van der Waals surface area contributed by atoms with Gasteiger partial charge in [0.25, 0.3) is 0 Å². The highest BCUT2D eigenvalue weighted by atomic mass is 32.2. The second-order valence-electron chi connectivity index (χ2n) is 6.75. The zero-order valence-corrected chi connectivity index (χ0v) is 17.6. The van der Waals surface area contributed by atoms with Crippen molar-refractivity contribution in [1.29, 1.82) is 0 Å². The predicted octanol–water partition coefficient (Wildman–Crippen LogP) is 4.81. The van der Waals surface area contributed by atoms with Gasteiger partial charge in [0.15, 0.2) is 0 Å². The van der Waals surface area contributed by atoms with Crippen molar-refractivity contribution in [2.24, 2.45) is 0 Å². The Bertz CT molecular complexity index is 1230. The number of aromatic amines is 1. The summed E-state index contributed by atoms with van der Waals surface area (Å²) in [7, 11) is -1.14. The van der Waals surface area contributed by atoms with Gasteiger partial charge >= 0.3 is 0 Å². The number of unbranched alkanes of at least 4 members (excludes halogenated alkanes) is 1. The Hall–Kier alpha value is -2.77. The lowest BCUT2D eigenvalue weighted by molar-refractivity contribution is 0.681. The van der Waals surface area contributed by atoms with Crippen molar-refractivity contribution in [2.75, 3.05) is 11.5 Å². The molecule has 0 saturated carbocycles. The Labute approximate surface area is 175 Å². The molecule has 0 bridgehead atoms. The SMILES string of the molecule is CCCCS(=O)c1sc2nc(-c3ccc(=O)[nH]c3)cc(-c3ccccc3)c2c1N. The summed E-state index contributed by atoms with van der Waals surface area (Å²) in [5, 5.41) is 0.842. The van der Waals surface area contributed by atoms with E-state index in [-0.39, 0.29) is 5.56 Å². The van der Waals surface area contributed by atoms with Gasteiger partial charge in [0, 0.05) is 29.0 Å². The van der Waals surface area contributed by atoms with Crippen LogP contribution in [0.3, 0.4) is 0 Å². The fourth-order valence-corrected chi connectivity index (χ4v) is 6.00. The average Bonchev–Trinajstić information content (AvgIpc) is 3.09. The number of rotatable bonds is 6.